The van der Waals surface area contributed by atoms with E-state index >= 15 is 0 Å². The van der Waals surface area contributed by atoms with E-state index < -0.39 is 28.9 Å². The molecule has 0 aliphatic rings. The van der Waals surface area contributed by atoms with Crippen LogP contribution in [0.1, 0.15) is 17.5 Å². The van der Waals surface area contributed by atoms with E-state index in [2.05, 4.69) is 9.98 Å². The molecule has 0 aliphatic heterocycles. The number of aromatic amines is 1. The van der Waals surface area contributed by atoms with Crippen molar-refractivity contribution in [1.82, 2.24) is 19.1 Å². The zero-order valence-corrected chi connectivity index (χ0v) is 14.9. The number of aromatic hydroxyl groups is 1. The van der Waals surface area contributed by atoms with Gasteiger partial charge in [-0.3, -0.25) is 14.8 Å². The highest BCUT2D eigenvalue weighted by Crippen LogP contribution is 2.30. The van der Waals surface area contributed by atoms with Gasteiger partial charge >= 0.3 is 11.9 Å². The average Bonchev–Trinajstić information content (AvgIpc) is 3.16. The molecule has 3 aromatic rings. The van der Waals surface area contributed by atoms with Crippen molar-refractivity contribution in [2.45, 2.75) is 19.1 Å². The molecule has 0 saturated heterocycles. The van der Waals surface area contributed by atoms with Crippen LogP contribution in [0.2, 0.25) is 0 Å². The third-order valence-corrected chi connectivity index (χ3v) is 4.04. The van der Waals surface area contributed by atoms with E-state index in [1.54, 1.807) is 18.7 Å². The van der Waals surface area contributed by atoms with Crippen LogP contribution in [0.4, 0.5) is 13.2 Å². The average molecular weight is 407 g/mol. The lowest BCUT2D eigenvalue weighted by Gasteiger charge is -2.12. The van der Waals surface area contributed by atoms with Crippen LogP contribution in [0.25, 0.3) is 5.69 Å². The molecule has 2 heterocycles. The van der Waals surface area contributed by atoms with Crippen LogP contribution in [-0.2, 0) is 12.7 Å². The summed E-state index contributed by atoms with van der Waals surface area (Å²) in [5.41, 5.74) is -3.53. The normalized spacial score (nSPS) is 12.0. The molecule has 0 saturated carbocycles. The second-order valence-electron chi connectivity index (χ2n) is 6.07. The zero-order valence-electron chi connectivity index (χ0n) is 14.9. The van der Waals surface area contributed by atoms with Gasteiger partial charge < -0.3 is 9.67 Å². The third-order valence-electron chi connectivity index (χ3n) is 4.04. The topological polar surface area (TPSA) is 105 Å². The van der Waals surface area contributed by atoms with Crippen LogP contribution >= 0.6 is 0 Å². The first-order valence-electron chi connectivity index (χ1n) is 8.49. The monoisotopic (exact) mass is 407 g/mol. The van der Waals surface area contributed by atoms with E-state index in [9.17, 15) is 27.9 Å². The minimum Gasteiger partial charge on any atom is -0.493 e. The fourth-order valence-electron chi connectivity index (χ4n) is 2.64. The van der Waals surface area contributed by atoms with Crippen molar-refractivity contribution in [2.24, 2.45) is 4.99 Å². The summed E-state index contributed by atoms with van der Waals surface area (Å²) in [4.78, 5) is 34.0. The molecule has 152 valence electrons. The summed E-state index contributed by atoms with van der Waals surface area (Å²) in [6, 6.07) is 3.84. The number of alkyl halides is 3. The van der Waals surface area contributed by atoms with Crippen molar-refractivity contribution in [3.05, 3.63) is 75.0 Å². The minimum atomic E-state index is -4.63. The number of imidazole rings is 1. The van der Waals surface area contributed by atoms with E-state index in [-0.39, 0.29) is 11.3 Å². The molecule has 0 aliphatic carbocycles. The van der Waals surface area contributed by atoms with E-state index in [0.29, 0.717) is 30.1 Å². The van der Waals surface area contributed by atoms with E-state index in [1.807, 2.05) is 9.55 Å². The maximum absolute atomic E-state index is 12.9. The molecule has 0 amide bonds. The van der Waals surface area contributed by atoms with Crippen LogP contribution < -0.4 is 11.2 Å². The number of aromatic nitrogens is 4. The van der Waals surface area contributed by atoms with Gasteiger partial charge in [-0.05, 0) is 24.6 Å². The standard InChI is InChI=1S/C18H16F3N5O3/c19-18(20,21)12-3-1-4-13(9-12)26-16(28)14(15(27)24-17(26)29)10-22-5-2-7-25-8-6-23-11-25/h1,3-4,6,8-11,28H,2,5,7H2,(H,24,27,29). The van der Waals surface area contributed by atoms with Crippen LogP contribution in [0.5, 0.6) is 5.88 Å². The Morgan fingerprint density at radius 2 is 2.07 bits per heavy atom. The lowest BCUT2D eigenvalue weighted by atomic mass is 10.2. The number of rotatable bonds is 6. The van der Waals surface area contributed by atoms with E-state index in [4.69, 9.17) is 0 Å². The molecule has 0 bridgehead atoms. The molecular formula is C18H16F3N5O3. The van der Waals surface area contributed by atoms with Gasteiger partial charge in [0.25, 0.3) is 5.56 Å². The van der Waals surface area contributed by atoms with Gasteiger partial charge in [0.2, 0.25) is 5.88 Å². The summed E-state index contributed by atoms with van der Waals surface area (Å²) in [6.45, 7) is 0.961. The molecule has 8 nitrogen and oxygen atoms in total. The van der Waals surface area contributed by atoms with Crippen molar-refractivity contribution >= 4 is 6.21 Å². The fraction of sp³-hybridized carbons (Fsp3) is 0.222. The maximum Gasteiger partial charge on any atom is 0.416 e. The summed E-state index contributed by atoms with van der Waals surface area (Å²) in [6.07, 6.45) is 2.15. The SMILES string of the molecule is O=c1[nH]c(=O)n(-c2cccc(C(F)(F)F)c2)c(O)c1C=NCCCn1ccnc1. The number of hydrogen-bond donors (Lipinski definition) is 2. The Balaban J connectivity index is 1.88. The predicted molar refractivity (Wildman–Crippen MR) is 98.6 cm³/mol. The molecule has 29 heavy (non-hydrogen) atoms. The Bertz CT molecular complexity index is 1130. The largest absolute Gasteiger partial charge is 0.493 e. The summed E-state index contributed by atoms with van der Waals surface area (Å²) in [5.74, 6) is -0.795. The molecule has 1 aromatic carbocycles. The molecule has 0 spiro atoms. The minimum absolute atomic E-state index is 0.242. The molecule has 0 atom stereocenters. The lowest BCUT2D eigenvalue weighted by Crippen LogP contribution is -2.31. The Kier molecular flexibility index (Phi) is 5.66. The van der Waals surface area contributed by atoms with Gasteiger partial charge in [-0.15, -0.1) is 0 Å². The zero-order chi connectivity index (χ0) is 21.0. The molecule has 0 unspecified atom stereocenters. The second-order valence-corrected chi connectivity index (χ2v) is 6.07. The highest BCUT2D eigenvalue weighted by Gasteiger charge is 2.31. The molecule has 3 rings (SSSR count). The van der Waals surface area contributed by atoms with Crippen molar-refractivity contribution in [3.63, 3.8) is 0 Å². The van der Waals surface area contributed by atoms with Crippen molar-refractivity contribution in [3.8, 4) is 11.6 Å². The first-order chi connectivity index (χ1) is 13.8. The van der Waals surface area contributed by atoms with Gasteiger partial charge in [-0.25, -0.2) is 14.3 Å². The highest BCUT2D eigenvalue weighted by molar-refractivity contribution is 5.82. The molecular weight excluding hydrogens is 391 g/mol. The number of nitrogens with zero attached hydrogens (tertiary/aromatic N) is 4. The van der Waals surface area contributed by atoms with Gasteiger partial charge in [0, 0.05) is 31.7 Å². The van der Waals surface area contributed by atoms with Crippen molar-refractivity contribution in [1.29, 1.82) is 0 Å². The van der Waals surface area contributed by atoms with E-state index in [0.717, 1.165) is 18.3 Å². The highest BCUT2D eigenvalue weighted by atomic mass is 19.4. The van der Waals surface area contributed by atoms with Gasteiger partial charge in [-0.2, -0.15) is 13.2 Å². The molecule has 11 heteroatoms. The summed E-state index contributed by atoms with van der Waals surface area (Å²) < 4.78 is 41.2. The van der Waals surface area contributed by atoms with Gasteiger partial charge in [0.15, 0.2) is 0 Å². The second kappa shape index (κ2) is 8.17. The van der Waals surface area contributed by atoms with E-state index in [1.165, 1.54) is 6.07 Å². The van der Waals surface area contributed by atoms with Gasteiger partial charge in [-0.1, -0.05) is 6.07 Å². The number of hydrogen-bond acceptors (Lipinski definition) is 5. The number of aliphatic imine (C=N–C) groups is 1. The first-order valence-corrected chi connectivity index (χ1v) is 8.49. The lowest BCUT2D eigenvalue weighted by molar-refractivity contribution is -0.137. The van der Waals surface area contributed by atoms with Crippen LogP contribution in [0.3, 0.4) is 0 Å². The molecule has 0 radical (unpaired) electrons. The third kappa shape index (κ3) is 4.62. The van der Waals surface area contributed by atoms with Crippen LogP contribution in [-0.4, -0.2) is 37.0 Å². The number of benzene rings is 1. The van der Waals surface area contributed by atoms with Crippen molar-refractivity contribution < 1.29 is 18.3 Å². The first kappa shape index (κ1) is 20.1. The summed E-state index contributed by atoms with van der Waals surface area (Å²) in [7, 11) is 0. The van der Waals surface area contributed by atoms with Crippen LogP contribution in [0.15, 0.2) is 57.6 Å². The van der Waals surface area contributed by atoms with Crippen LogP contribution in [0, 0.1) is 0 Å². The number of nitrogens with one attached hydrogen (secondary N) is 1. The quantitative estimate of drug-likeness (QED) is 0.481. The van der Waals surface area contributed by atoms with Gasteiger partial charge in [0.05, 0.1) is 17.6 Å². The fourth-order valence-corrected chi connectivity index (χ4v) is 2.64. The number of halogens is 3. The number of aryl methyl sites for hydroxylation is 1. The molecule has 2 N–H and O–H groups in total. The Labute approximate surface area is 161 Å². The number of H-pyrrole nitrogens is 1. The molecule has 2 aromatic heterocycles. The van der Waals surface area contributed by atoms with Crippen molar-refractivity contribution in [2.75, 3.05) is 6.54 Å². The predicted octanol–water partition coefficient (Wildman–Crippen LogP) is 1.96. The van der Waals surface area contributed by atoms with Gasteiger partial charge in [0.1, 0.15) is 5.56 Å². The smallest absolute Gasteiger partial charge is 0.416 e. The molecule has 0 fully saturated rings. The summed E-state index contributed by atoms with van der Waals surface area (Å²) in [5, 5.41) is 10.4. The maximum atomic E-state index is 12.9. The Morgan fingerprint density at radius 3 is 2.76 bits per heavy atom. The Hall–Kier alpha value is -3.63. The summed E-state index contributed by atoms with van der Waals surface area (Å²) >= 11 is 0. The Morgan fingerprint density at radius 1 is 1.28 bits per heavy atom.